The van der Waals surface area contributed by atoms with Crippen molar-refractivity contribution >= 4 is 0 Å². The number of pyridine rings is 1. The molecule has 0 amide bonds. The average Bonchev–Trinajstić information content (AvgIpc) is 2.43. The zero-order valence-electron chi connectivity index (χ0n) is 11.2. The zero-order chi connectivity index (χ0) is 12.8. The van der Waals surface area contributed by atoms with Crippen LogP contribution in [0, 0.1) is 40.9 Å². The van der Waals surface area contributed by atoms with E-state index in [4.69, 9.17) is 0 Å². The number of nitrogens with zero attached hydrogens (tertiary/aromatic N) is 2. The summed E-state index contributed by atoms with van der Waals surface area (Å²) in [6.07, 6.45) is 10.7. The molecule has 1 heterocycles. The van der Waals surface area contributed by atoms with Gasteiger partial charge in [0.05, 0.1) is 12.0 Å². The Morgan fingerprint density at radius 2 is 1.58 bits per heavy atom. The van der Waals surface area contributed by atoms with Gasteiger partial charge in [-0.15, -0.1) is 0 Å². The van der Waals surface area contributed by atoms with Gasteiger partial charge in [0.1, 0.15) is 0 Å². The van der Waals surface area contributed by atoms with Crippen molar-refractivity contribution < 1.29 is 0 Å². The van der Waals surface area contributed by atoms with Crippen LogP contribution in [-0.4, -0.2) is 4.98 Å². The maximum atomic E-state index is 9.69. The number of hydrogen-bond acceptors (Lipinski definition) is 2. The van der Waals surface area contributed by atoms with Crippen molar-refractivity contribution in [2.75, 3.05) is 0 Å². The molecule has 0 saturated heterocycles. The minimum Gasteiger partial charge on any atom is -0.265 e. The van der Waals surface area contributed by atoms with Crippen LogP contribution in [0.5, 0.6) is 0 Å². The van der Waals surface area contributed by atoms with Crippen molar-refractivity contribution in [3.63, 3.8) is 0 Å². The second-order valence-corrected chi connectivity index (χ2v) is 6.90. The smallest absolute Gasteiger partial charge is 0.0747 e. The van der Waals surface area contributed by atoms with Gasteiger partial charge in [-0.3, -0.25) is 4.98 Å². The summed E-state index contributed by atoms with van der Waals surface area (Å²) in [6.45, 7) is 0. The minimum atomic E-state index is 0.0954. The maximum absolute atomic E-state index is 9.69. The van der Waals surface area contributed by atoms with Crippen molar-refractivity contribution in [2.24, 2.45) is 29.6 Å². The highest BCUT2D eigenvalue weighted by atomic mass is 14.6. The molecular weight excluding hydrogens is 232 g/mol. The van der Waals surface area contributed by atoms with Crippen LogP contribution < -0.4 is 0 Å². The van der Waals surface area contributed by atoms with Gasteiger partial charge in [0.25, 0.3) is 0 Å². The molecule has 0 radical (unpaired) electrons. The minimum absolute atomic E-state index is 0.0954. The number of rotatable bonds is 2. The van der Waals surface area contributed by atoms with Gasteiger partial charge < -0.3 is 0 Å². The monoisotopic (exact) mass is 252 g/mol. The zero-order valence-corrected chi connectivity index (χ0v) is 11.2. The quantitative estimate of drug-likeness (QED) is 0.803. The highest BCUT2D eigenvalue weighted by molar-refractivity contribution is 5.25. The number of hydrogen-bond donors (Lipinski definition) is 0. The molecule has 0 N–H and O–H groups in total. The summed E-state index contributed by atoms with van der Waals surface area (Å²) < 4.78 is 0. The molecule has 4 fully saturated rings. The largest absolute Gasteiger partial charge is 0.265 e. The van der Waals surface area contributed by atoms with Crippen LogP contribution in [0.25, 0.3) is 0 Å². The first-order chi connectivity index (χ1) is 9.35. The van der Waals surface area contributed by atoms with E-state index in [2.05, 4.69) is 11.1 Å². The lowest BCUT2D eigenvalue weighted by molar-refractivity contribution is -0.0411. The highest BCUT2D eigenvalue weighted by Crippen LogP contribution is 2.59. The topological polar surface area (TPSA) is 36.7 Å². The van der Waals surface area contributed by atoms with Crippen molar-refractivity contribution in [1.82, 2.24) is 4.98 Å². The third-order valence-corrected chi connectivity index (χ3v) is 5.89. The van der Waals surface area contributed by atoms with E-state index in [1.165, 1.54) is 37.7 Å². The van der Waals surface area contributed by atoms with Gasteiger partial charge in [0.2, 0.25) is 0 Å². The fourth-order valence-corrected chi connectivity index (χ4v) is 5.47. The lowest BCUT2D eigenvalue weighted by Gasteiger charge is -2.55. The van der Waals surface area contributed by atoms with Crippen molar-refractivity contribution in [2.45, 2.75) is 38.0 Å². The Morgan fingerprint density at radius 1 is 1.00 bits per heavy atom. The summed E-state index contributed by atoms with van der Waals surface area (Å²) >= 11 is 0. The molecule has 19 heavy (non-hydrogen) atoms. The number of aromatic nitrogens is 1. The average molecular weight is 252 g/mol. The summed E-state index contributed by atoms with van der Waals surface area (Å²) in [6, 6.07) is 6.70. The van der Waals surface area contributed by atoms with E-state index < -0.39 is 0 Å². The molecule has 2 nitrogen and oxygen atoms in total. The molecule has 1 unspecified atom stereocenters. The van der Waals surface area contributed by atoms with Gasteiger partial charge in [-0.1, -0.05) is 0 Å². The van der Waals surface area contributed by atoms with Crippen LogP contribution in [0.4, 0.5) is 0 Å². The van der Waals surface area contributed by atoms with E-state index in [1.807, 2.05) is 24.5 Å². The first-order valence-electron chi connectivity index (χ1n) is 7.64. The predicted octanol–water partition coefficient (Wildman–Crippen LogP) is 3.76. The lowest BCUT2D eigenvalue weighted by atomic mass is 9.49. The van der Waals surface area contributed by atoms with Crippen molar-refractivity contribution in [1.29, 1.82) is 5.26 Å². The van der Waals surface area contributed by atoms with Gasteiger partial charge in [0, 0.05) is 12.4 Å². The van der Waals surface area contributed by atoms with Gasteiger partial charge in [-0.2, -0.15) is 5.26 Å². The van der Waals surface area contributed by atoms with E-state index in [9.17, 15) is 5.26 Å². The summed E-state index contributed by atoms with van der Waals surface area (Å²) in [7, 11) is 0. The van der Waals surface area contributed by atoms with Gasteiger partial charge in [0.15, 0.2) is 0 Å². The lowest BCUT2D eigenvalue weighted by Crippen LogP contribution is -2.46. The predicted molar refractivity (Wildman–Crippen MR) is 73.1 cm³/mol. The van der Waals surface area contributed by atoms with Crippen LogP contribution in [0.15, 0.2) is 24.5 Å². The molecule has 0 aliphatic heterocycles. The molecule has 1 aromatic heterocycles. The summed E-state index contributed by atoms with van der Waals surface area (Å²) in [4.78, 5) is 4.09. The Balaban J connectivity index is 1.66. The first-order valence-corrected chi connectivity index (χ1v) is 7.64. The Labute approximate surface area is 114 Å². The Morgan fingerprint density at radius 3 is 2.11 bits per heavy atom. The molecule has 4 saturated carbocycles. The van der Waals surface area contributed by atoms with Crippen LogP contribution >= 0.6 is 0 Å². The molecule has 0 spiro atoms. The van der Waals surface area contributed by atoms with Gasteiger partial charge in [-0.05, 0) is 79.4 Å². The van der Waals surface area contributed by atoms with E-state index in [1.54, 1.807) is 0 Å². The third-order valence-electron chi connectivity index (χ3n) is 5.89. The standard InChI is InChI=1S/C17H20N2/c18-10-16(13-1-3-19-4-2-13)17-14-6-11-5-12(8-14)9-15(17)7-11/h1-4,11-12,14-17H,5-9H2. The van der Waals surface area contributed by atoms with Crippen LogP contribution in [0.2, 0.25) is 0 Å². The van der Waals surface area contributed by atoms with Crippen LogP contribution in [-0.2, 0) is 0 Å². The summed E-state index contributed by atoms with van der Waals surface area (Å²) in [5.74, 6) is 4.30. The normalized spacial score (nSPS) is 40.9. The fraction of sp³-hybridized carbons (Fsp3) is 0.647. The summed E-state index contributed by atoms with van der Waals surface area (Å²) in [5, 5.41) is 9.69. The van der Waals surface area contributed by atoms with Gasteiger partial charge >= 0.3 is 0 Å². The molecule has 5 rings (SSSR count). The van der Waals surface area contributed by atoms with E-state index in [-0.39, 0.29) is 5.92 Å². The third kappa shape index (κ3) is 1.79. The second-order valence-electron chi connectivity index (χ2n) is 6.90. The molecule has 1 atom stereocenters. The second kappa shape index (κ2) is 4.34. The molecule has 4 bridgehead atoms. The molecule has 2 heteroatoms. The van der Waals surface area contributed by atoms with Crippen LogP contribution in [0.3, 0.4) is 0 Å². The highest BCUT2D eigenvalue weighted by Gasteiger charge is 2.50. The van der Waals surface area contributed by atoms with E-state index in [0.717, 1.165) is 23.7 Å². The molecule has 4 aliphatic rings. The Bertz CT molecular complexity index is 474. The van der Waals surface area contributed by atoms with Crippen molar-refractivity contribution in [3.05, 3.63) is 30.1 Å². The first kappa shape index (κ1) is 11.5. The Kier molecular flexibility index (Phi) is 2.62. The van der Waals surface area contributed by atoms with E-state index in [0.29, 0.717) is 5.92 Å². The molecule has 1 aromatic rings. The Hall–Kier alpha value is -1.36. The number of nitriles is 1. The fourth-order valence-electron chi connectivity index (χ4n) is 5.47. The molecular formula is C17H20N2. The SMILES string of the molecule is N#CC(c1ccncc1)C1C2CC3CC(C2)CC1C3. The maximum Gasteiger partial charge on any atom is 0.0747 e. The van der Waals surface area contributed by atoms with Crippen molar-refractivity contribution in [3.8, 4) is 6.07 Å². The van der Waals surface area contributed by atoms with Gasteiger partial charge in [-0.25, -0.2) is 0 Å². The molecule has 98 valence electrons. The van der Waals surface area contributed by atoms with Crippen LogP contribution in [0.1, 0.15) is 43.6 Å². The molecule has 4 aliphatic carbocycles. The molecule has 0 aromatic carbocycles. The summed E-state index contributed by atoms with van der Waals surface area (Å²) in [5.41, 5.74) is 1.19. The van der Waals surface area contributed by atoms with E-state index >= 15 is 0 Å².